The molecular weight excluding hydrogens is 463 g/mol. The van der Waals surface area contributed by atoms with E-state index in [9.17, 15) is 18.8 Å². The first kappa shape index (κ1) is 23.2. The Labute approximate surface area is 198 Å². The maximum Gasteiger partial charge on any atom is 0.269 e. The van der Waals surface area contributed by atoms with Gasteiger partial charge in [0.2, 0.25) is 11.8 Å². The molecule has 3 aromatic rings. The molecule has 0 atom stereocenters. The van der Waals surface area contributed by atoms with Crippen molar-refractivity contribution in [3.63, 3.8) is 0 Å². The Hall–Kier alpha value is -3.97. The van der Waals surface area contributed by atoms with E-state index in [0.29, 0.717) is 10.9 Å². The average molecular weight is 483 g/mol. The summed E-state index contributed by atoms with van der Waals surface area (Å²) in [6, 6.07) is 11.4. The summed E-state index contributed by atoms with van der Waals surface area (Å²) >= 11 is 5.83. The molecule has 9 nitrogen and oxygen atoms in total. The molecule has 1 fully saturated rings. The SMILES string of the molecule is N#Cc1ccc(CNC(=O)CN(C(=O)Cn2nc(C(N)=O)c3ccccc32)C2CC2)c(F)c1Cl. The zero-order valence-electron chi connectivity index (χ0n) is 17.9. The topological polar surface area (TPSA) is 134 Å². The van der Waals surface area contributed by atoms with Crippen molar-refractivity contribution in [2.24, 2.45) is 5.73 Å². The largest absolute Gasteiger partial charge is 0.364 e. The molecule has 4 rings (SSSR count). The number of nitrogens with one attached hydrogen (secondary N) is 1. The fourth-order valence-electron chi connectivity index (χ4n) is 3.67. The van der Waals surface area contributed by atoms with Gasteiger partial charge in [-0.3, -0.25) is 19.1 Å². The van der Waals surface area contributed by atoms with Gasteiger partial charge < -0.3 is 16.0 Å². The highest BCUT2D eigenvalue weighted by atomic mass is 35.5. The summed E-state index contributed by atoms with van der Waals surface area (Å²) in [5.74, 6) is -2.28. The minimum Gasteiger partial charge on any atom is -0.364 e. The first-order chi connectivity index (χ1) is 16.3. The van der Waals surface area contributed by atoms with Gasteiger partial charge in [0.25, 0.3) is 5.91 Å². The molecule has 1 aliphatic carbocycles. The average Bonchev–Trinajstić information content (AvgIpc) is 3.60. The normalized spacial score (nSPS) is 12.9. The van der Waals surface area contributed by atoms with E-state index in [4.69, 9.17) is 22.6 Å². The van der Waals surface area contributed by atoms with Crippen LogP contribution in [0.4, 0.5) is 4.39 Å². The Balaban J connectivity index is 1.44. The molecule has 1 aromatic heterocycles. The molecule has 1 saturated carbocycles. The fourth-order valence-corrected chi connectivity index (χ4v) is 3.90. The van der Waals surface area contributed by atoms with Gasteiger partial charge in [0.05, 0.1) is 22.6 Å². The second kappa shape index (κ2) is 9.49. The lowest BCUT2D eigenvalue weighted by Crippen LogP contribution is -2.43. The van der Waals surface area contributed by atoms with Crippen molar-refractivity contribution in [1.82, 2.24) is 20.0 Å². The number of nitrogens with zero attached hydrogens (tertiary/aromatic N) is 4. The molecule has 2 aromatic carbocycles. The van der Waals surface area contributed by atoms with Gasteiger partial charge in [-0.25, -0.2) is 4.39 Å². The molecule has 34 heavy (non-hydrogen) atoms. The number of carbonyl (C=O) groups excluding carboxylic acids is 3. The van der Waals surface area contributed by atoms with Crippen LogP contribution in [-0.4, -0.2) is 45.0 Å². The minimum atomic E-state index is -0.771. The third-order valence-electron chi connectivity index (χ3n) is 5.56. The number of nitriles is 1. The van der Waals surface area contributed by atoms with Crippen LogP contribution in [0.1, 0.15) is 34.5 Å². The molecule has 1 heterocycles. The maximum absolute atomic E-state index is 14.3. The smallest absolute Gasteiger partial charge is 0.269 e. The summed E-state index contributed by atoms with van der Waals surface area (Å²) in [4.78, 5) is 38.8. The number of halogens is 2. The van der Waals surface area contributed by atoms with E-state index >= 15 is 0 Å². The second-order valence-corrected chi connectivity index (χ2v) is 8.31. The third-order valence-corrected chi connectivity index (χ3v) is 5.93. The zero-order chi connectivity index (χ0) is 24.4. The van der Waals surface area contributed by atoms with Crippen LogP contribution in [0.3, 0.4) is 0 Å². The fraction of sp³-hybridized carbons (Fsp3) is 0.261. The third kappa shape index (κ3) is 4.70. The van der Waals surface area contributed by atoms with Crippen molar-refractivity contribution in [2.45, 2.75) is 32.0 Å². The Kier molecular flexibility index (Phi) is 6.47. The van der Waals surface area contributed by atoms with Gasteiger partial charge in [-0.2, -0.15) is 10.4 Å². The van der Waals surface area contributed by atoms with E-state index < -0.39 is 17.6 Å². The molecule has 3 N–H and O–H groups in total. The predicted octanol–water partition coefficient (Wildman–Crippen LogP) is 2.11. The molecule has 0 saturated heterocycles. The highest BCUT2D eigenvalue weighted by Crippen LogP contribution is 2.27. The highest BCUT2D eigenvalue weighted by molar-refractivity contribution is 6.31. The Bertz CT molecular complexity index is 1340. The maximum atomic E-state index is 14.3. The molecule has 174 valence electrons. The lowest BCUT2D eigenvalue weighted by atomic mass is 10.1. The van der Waals surface area contributed by atoms with Crippen LogP contribution in [0, 0.1) is 17.1 Å². The van der Waals surface area contributed by atoms with Crippen molar-refractivity contribution in [1.29, 1.82) is 5.26 Å². The van der Waals surface area contributed by atoms with Crippen LogP contribution in [0.2, 0.25) is 5.02 Å². The lowest BCUT2D eigenvalue weighted by molar-refractivity contribution is -0.137. The van der Waals surface area contributed by atoms with Crippen LogP contribution in [0.25, 0.3) is 10.9 Å². The van der Waals surface area contributed by atoms with Gasteiger partial charge in [-0.1, -0.05) is 35.9 Å². The van der Waals surface area contributed by atoms with E-state index in [1.165, 1.54) is 21.7 Å². The van der Waals surface area contributed by atoms with Crippen LogP contribution in [0.15, 0.2) is 36.4 Å². The first-order valence-electron chi connectivity index (χ1n) is 10.5. The molecule has 0 aliphatic heterocycles. The van der Waals surface area contributed by atoms with Gasteiger partial charge >= 0.3 is 0 Å². The van der Waals surface area contributed by atoms with Crippen molar-refractivity contribution in [3.8, 4) is 6.07 Å². The van der Waals surface area contributed by atoms with Gasteiger partial charge in [-0.15, -0.1) is 0 Å². The molecule has 0 spiro atoms. The molecule has 0 radical (unpaired) electrons. The summed E-state index contributed by atoms with van der Waals surface area (Å²) in [5, 5.41) is 15.9. The summed E-state index contributed by atoms with van der Waals surface area (Å²) < 4.78 is 15.7. The Morgan fingerprint density at radius 2 is 2.00 bits per heavy atom. The van der Waals surface area contributed by atoms with Crippen molar-refractivity contribution < 1.29 is 18.8 Å². The number of primary amides is 1. The summed E-state index contributed by atoms with van der Waals surface area (Å²) in [5.41, 5.74) is 6.20. The molecule has 3 amide bonds. The second-order valence-electron chi connectivity index (χ2n) is 7.93. The van der Waals surface area contributed by atoms with Crippen LogP contribution in [-0.2, 0) is 22.7 Å². The number of para-hydroxylation sites is 1. The van der Waals surface area contributed by atoms with Crippen LogP contribution in [0.5, 0.6) is 0 Å². The Morgan fingerprint density at radius 3 is 2.68 bits per heavy atom. The van der Waals surface area contributed by atoms with E-state index in [1.54, 1.807) is 30.3 Å². The van der Waals surface area contributed by atoms with Crippen molar-refractivity contribution in [2.75, 3.05) is 6.54 Å². The quantitative estimate of drug-likeness (QED) is 0.507. The summed E-state index contributed by atoms with van der Waals surface area (Å²) in [6.07, 6.45) is 1.54. The van der Waals surface area contributed by atoms with Gasteiger partial charge in [0.1, 0.15) is 18.4 Å². The predicted molar refractivity (Wildman–Crippen MR) is 121 cm³/mol. The molecule has 0 bridgehead atoms. The number of fused-ring (bicyclic) bond motifs is 1. The van der Waals surface area contributed by atoms with Gasteiger partial charge in [-0.05, 0) is 25.0 Å². The number of aromatic nitrogens is 2. The summed E-state index contributed by atoms with van der Waals surface area (Å²) in [6.45, 7) is -0.525. The molecule has 11 heteroatoms. The van der Waals surface area contributed by atoms with Gasteiger partial charge in [0, 0.05) is 23.5 Å². The van der Waals surface area contributed by atoms with E-state index in [1.807, 2.05) is 0 Å². The number of hydrogen-bond donors (Lipinski definition) is 2. The molecule has 0 unspecified atom stereocenters. The van der Waals surface area contributed by atoms with E-state index in [2.05, 4.69) is 10.4 Å². The number of benzene rings is 2. The monoisotopic (exact) mass is 482 g/mol. The summed E-state index contributed by atoms with van der Waals surface area (Å²) in [7, 11) is 0. The minimum absolute atomic E-state index is 0.00499. The number of rotatable bonds is 8. The van der Waals surface area contributed by atoms with Crippen LogP contribution < -0.4 is 11.1 Å². The number of carbonyl (C=O) groups is 3. The van der Waals surface area contributed by atoms with Gasteiger partial charge in [0.15, 0.2) is 5.69 Å². The zero-order valence-corrected chi connectivity index (χ0v) is 18.7. The van der Waals surface area contributed by atoms with Crippen molar-refractivity contribution >= 4 is 40.2 Å². The number of nitrogens with two attached hydrogens (primary N) is 1. The highest BCUT2D eigenvalue weighted by Gasteiger charge is 2.34. The number of amides is 3. The first-order valence-corrected chi connectivity index (χ1v) is 10.9. The van der Waals surface area contributed by atoms with E-state index in [0.717, 1.165) is 12.8 Å². The number of hydrogen-bond acceptors (Lipinski definition) is 5. The Morgan fingerprint density at radius 1 is 1.26 bits per heavy atom. The molecule has 1 aliphatic rings. The molecular formula is C23H20ClFN6O3. The van der Waals surface area contributed by atoms with E-state index in [-0.39, 0.29) is 53.4 Å². The van der Waals surface area contributed by atoms with Crippen LogP contribution >= 0.6 is 11.6 Å². The standard InChI is InChI=1S/C23H20ClFN6O3/c24-20-13(9-26)5-6-14(21(20)25)10-28-18(32)11-30(15-7-8-15)19(33)12-31-17-4-2-1-3-16(17)22(29-31)23(27)34/h1-6,15H,7-8,10-12H2,(H2,27,34)(H,28,32). The lowest BCUT2D eigenvalue weighted by Gasteiger charge is -2.22. The van der Waals surface area contributed by atoms with Crippen molar-refractivity contribution in [3.05, 3.63) is 64.1 Å².